The lowest BCUT2D eigenvalue weighted by Gasteiger charge is -2.34. The molecule has 1 aliphatic rings. The largest absolute Gasteiger partial charge is 0.288 e. The molecule has 0 spiro atoms. The molecule has 14 heavy (non-hydrogen) atoms. The van der Waals surface area contributed by atoms with E-state index in [-0.39, 0.29) is 6.54 Å². The van der Waals surface area contributed by atoms with Crippen LogP contribution in [0.4, 0.5) is 4.39 Å². The number of nitrogens with zero attached hydrogens (tertiary/aromatic N) is 4. The fourth-order valence-electron chi connectivity index (χ4n) is 1.52. The second-order valence-corrected chi connectivity index (χ2v) is 3.30. The molecule has 1 fully saturated rings. The van der Waals surface area contributed by atoms with E-state index in [1.807, 2.05) is 11.0 Å². The predicted octanol–water partition coefficient (Wildman–Crippen LogP) is 0.386. The molecule has 1 saturated heterocycles. The molecule has 0 aliphatic carbocycles. The highest BCUT2D eigenvalue weighted by Gasteiger charge is 2.24. The van der Waals surface area contributed by atoms with Gasteiger partial charge >= 0.3 is 0 Å². The van der Waals surface area contributed by atoms with Gasteiger partial charge in [0.25, 0.3) is 13.1 Å². The molecule has 1 unspecified atom stereocenters. The van der Waals surface area contributed by atoms with E-state index in [0.717, 1.165) is 0 Å². The van der Waals surface area contributed by atoms with Crippen LogP contribution in [0.5, 0.6) is 0 Å². The van der Waals surface area contributed by atoms with Crippen LogP contribution in [-0.2, 0) is 0 Å². The molecule has 1 atom stereocenters. The monoisotopic (exact) mass is 197 g/mol. The maximum atomic E-state index is 13.2. The van der Waals surface area contributed by atoms with Gasteiger partial charge in [-0.15, -0.1) is 0 Å². The summed E-state index contributed by atoms with van der Waals surface area (Å²) in [7, 11) is 1.64. The molecule has 0 amide bonds. The lowest BCUT2D eigenvalue weighted by atomic mass is 10.2. The Hall–Kier alpha value is -1.17. The Labute approximate surface area is 83.3 Å². The van der Waals surface area contributed by atoms with E-state index in [1.165, 1.54) is 0 Å². The molecule has 4 nitrogen and oxygen atoms in total. The zero-order valence-corrected chi connectivity index (χ0v) is 8.28. The van der Waals surface area contributed by atoms with Crippen LogP contribution in [0.15, 0.2) is 0 Å². The second-order valence-electron chi connectivity index (χ2n) is 3.30. The van der Waals surface area contributed by atoms with Crippen molar-refractivity contribution in [1.29, 1.82) is 5.26 Å². The average molecular weight is 197 g/mol. The number of rotatable bonds is 2. The first-order chi connectivity index (χ1) is 6.76. The molecule has 1 heterocycles. The topological polar surface area (TPSA) is 34.6 Å². The smallest absolute Gasteiger partial charge is 0.274 e. The van der Waals surface area contributed by atoms with Crippen molar-refractivity contribution >= 4 is 0 Å². The first kappa shape index (κ1) is 10.9. The highest BCUT2D eigenvalue weighted by atomic mass is 19.1. The zero-order valence-electron chi connectivity index (χ0n) is 8.28. The number of alkyl halides is 1. The van der Waals surface area contributed by atoms with Crippen LogP contribution >= 0.6 is 0 Å². The van der Waals surface area contributed by atoms with Crippen LogP contribution in [0.1, 0.15) is 0 Å². The van der Waals surface area contributed by atoms with Gasteiger partial charge in [0.2, 0.25) is 0 Å². The van der Waals surface area contributed by atoms with Crippen molar-refractivity contribution in [2.24, 2.45) is 0 Å². The molecule has 0 aromatic carbocycles. The van der Waals surface area contributed by atoms with Crippen LogP contribution in [0.25, 0.3) is 4.85 Å². The number of nitriles is 1. The standard InChI is InChI=1S/C9H14FN4/c1-12-3-5-14-7-9(10)6-13(8-14)4-2-11/h9H,4-8H2,1H3/q+1. The fraction of sp³-hybridized carbons (Fsp3) is 0.778. The summed E-state index contributed by atoms with van der Waals surface area (Å²) in [6, 6.07) is 4.80. The van der Waals surface area contributed by atoms with E-state index in [9.17, 15) is 4.39 Å². The SMILES string of the molecule is C[N+]#CCN1CC(F)CN(CC#N)C1. The van der Waals surface area contributed by atoms with Gasteiger partial charge in [-0.05, 0) is 0 Å². The minimum absolute atomic E-state index is 0.278. The maximum Gasteiger partial charge on any atom is 0.288 e. The van der Waals surface area contributed by atoms with Gasteiger partial charge < -0.3 is 0 Å². The first-order valence-corrected chi connectivity index (χ1v) is 4.53. The van der Waals surface area contributed by atoms with E-state index in [2.05, 4.69) is 10.9 Å². The quantitative estimate of drug-likeness (QED) is 0.600. The third-order valence-electron chi connectivity index (χ3n) is 2.06. The van der Waals surface area contributed by atoms with Crippen molar-refractivity contribution in [2.45, 2.75) is 6.17 Å². The number of halogens is 1. The van der Waals surface area contributed by atoms with Crippen molar-refractivity contribution in [2.75, 3.05) is 39.9 Å². The Morgan fingerprint density at radius 3 is 2.64 bits per heavy atom. The minimum atomic E-state index is -0.879. The summed E-state index contributed by atoms with van der Waals surface area (Å²) in [5.74, 6) is 0. The Balaban J connectivity index is 2.44. The van der Waals surface area contributed by atoms with Gasteiger partial charge in [-0.3, -0.25) is 9.80 Å². The summed E-state index contributed by atoms with van der Waals surface area (Å²) in [6.45, 7) is 2.19. The van der Waals surface area contributed by atoms with Crippen molar-refractivity contribution in [3.63, 3.8) is 0 Å². The van der Waals surface area contributed by atoms with Gasteiger partial charge in [0.15, 0.2) is 0 Å². The van der Waals surface area contributed by atoms with Gasteiger partial charge in [-0.1, -0.05) is 4.85 Å². The van der Waals surface area contributed by atoms with E-state index >= 15 is 0 Å². The molecule has 76 valence electrons. The van der Waals surface area contributed by atoms with Gasteiger partial charge in [0, 0.05) is 13.1 Å². The van der Waals surface area contributed by atoms with Crippen molar-refractivity contribution in [3.05, 3.63) is 4.85 Å². The average Bonchev–Trinajstić information content (AvgIpc) is 2.14. The van der Waals surface area contributed by atoms with E-state index in [4.69, 9.17) is 5.26 Å². The third kappa shape index (κ3) is 3.29. The van der Waals surface area contributed by atoms with E-state index in [1.54, 1.807) is 11.9 Å². The Morgan fingerprint density at radius 2 is 2.07 bits per heavy atom. The van der Waals surface area contributed by atoms with Gasteiger partial charge in [0.1, 0.15) is 12.7 Å². The second kappa shape index (κ2) is 5.54. The molecular weight excluding hydrogens is 183 g/mol. The predicted molar refractivity (Wildman–Crippen MR) is 51.7 cm³/mol. The molecule has 0 radical (unpaired) electrons. The Kier molecular flexibility index (Phi) is 4.31. The molecule has 0 saturated carbocycles. The summed E-state index contributed by atoms with van der Waals surface area (Å²) in [6.07, 6.45) is -0.879. The van der Waals surface area contributed by atoms with Crippen molar-refractivity contribution in [3.8, 4) is 12.1 Å². The van der Waals surface area contributed by atoms with Crippen LogP contribution in [-0.4, -0.2) is 55.9 Å². The normalized spacial score (nSPS) is 23.6. The minimum Gasteiger partial charge on any atom is -0.274 e. The lowest BCUT2D eigenvalue weighted by molar-refractivity contribution is 0.0483. The summed E-state index contributed by atoms with van der Waals surface area (Å²) in [5, 5.41) is 8.50. The molecule has 0 N–H and O–H groups in total. The van der Waals surface area contributed by atoms with Crippen LogP contribution in [0.3, 0.4) is 0 Å². The molecule has 0 bridgehead atoms. The van der Waals surface area contributed by atoms with E-state index < -0.39 is 6.17 Å². The highest BCUT2D eigenvalue weighted by molar-refractivity contribution is 4.91. The molecule has 0 aromatic heterocycles. The summed E-state index contributed by atoms with van der Waals surface area (Å²) >= 11 is 0. The molecule has 1 aliphatic heterocycles. The Morgan fingerprint density at radius 1 is 1.43 bits per heavy atom. The van der Waals surface area contributed by atoms with E-state index in [0.29, 0.717) is 26.3 Å². The number of hydrogen-bond acceptors (Lipinski definition) is 3. The number of hydrogen-bond donors (Lipinski definition) is 0. The van der Waals surface area contributed by atoms with Gasteiger partial charge in [-0.25, -0.2) is 4.39 Å². The molecule has 1 rings (SSSR count). The first-order valence-electron chi connectivity index (χ1n) is 4.53. The van der Waals surface area contributed by atoms with Crippen LogP contribution in [0, 0.1) is 17.4 Å². The third-order valence-corrected chi connectivity index (χ3v) is 2.06. The summed E-state index contributed by atoms with van der Waals surface area (Å²) in [5.41, 5.74) is 0. The fourth-order valence-corrected chi connectivity index (χ4v) is 1.52. The summed E-state index contributed by atoms with van der Waals surface area (Å²) < 4.78 is 13.2. The zero-order chi connectivity index (χ0) is 10.4. The molecular formula is C9H14FN4+. The lowest BCUT2D eigenvalue weighted by Crippen LogP contribution is -2.50. The van der Waals surface area contributed by atoms with Gasteiger partial charge in [-0.2, -0.15) is 5.26 Å². The van der Waals surface area contributed by atoms with Crippen molar-refractivity contribution in [1.82, 2.24) is 9.80 Å². The van der Waals surface area contributed by atoms with Crippen molar-refractivity contribution < 1.29 is 4.39 Å². The highest BCUT2D eigenvalue weighted by Crippen LogP contribution is 2.08. The van der Waals surface area contributed by atoms with Crippen LogP contribution in [0.2, 0.25) is 0 Å². The Bertz CT molecular complexity index is 275. The summed E-state index contributed by atoms with van der Waals surface area (Å²) in [4.78, 5) is 7.40. The molecule has 5 heteroatoms. The molecule has 0 aromatic rings. The van der Waals surface area contributed by atoms with Gasteiger partial charge in [0.05, 0.1) is 19.3 Å². The maximum absolute atomic E-state index is 13.2. The van der Waals surface area contributed by atoms with Crippen LogP contribution < -0.4 is 0 Å².